The molecule has 2 nitrogen and oxygen atoms in total. The van der Waals surface area contributed by atoms with E-state index in [0.29, 0.717) is 6.04 Å². The average Bonchev–Trinajstić information content (AvgIpc) is 2.37. The van der Waals surface area contributed by atoms with Crippen LogP contribution in [0.2, 0.25) is 0 Å². The van der Waals surface area contributed by atoms with Crippen molar-refractivity contribution in [2.24, 2.45) is 0 Å². The number of nitrogens with zero attached hydrogens (tertiary/aromatic N) is 2. The smallest absolute Gasteiger partial charge is 0.111 e. The minimum atomic E-state index is -0.530. The molecule has 1 saturated heterocycles. The Morgan fingerprint density at radius 2 is 1.72 bits per heavy atom. The van der Waals surface area contributed by atoms with Crippen molar-refractivity contribution in [2.75, 3.05) is 38.1 Å². The standard InChI is InChI=1S/C15H22FN2/c1-18(15-11-13(16)12-15)9-7-17(8-10-18)14-5-3-2-4-6-14/h2-6,13,15H,7-12H2,1H3/q+1/i16-1. The Morgan fingerprint density at radius 3 is 2.28 bits per heavy atom. The van der Waals surface area contributed by atoms with Crippen molar-refractivity contribution in [2.45, 2.75) is 25.1 Å². The molecule has 2 aliphatic rings. The van der Waals surface area contributed by atoms with Gasteiger partial charge in [-0.05, 0) is 12.1 Å². The minimum Gasteiger partial charge on any atom is -0.360 e. The summed E-state index contributed by atoms with van der Waals surface area (Å²) in [6.07, 6.45) is 1.03. The number of hydrogen-bond donors (Lipinski definition) is 0. The number of para-hydroxylation sites is 1. The van der Waals surface area contributed by atoms with Crippen LogP contribution in [0.25, 0.3) is 0 Å². The van der Waals surface area contributed by atoms with E-state index in [1.807, 2.05) is 0 Å². The van der Waals surface area contributed by atoms with E-state index in [2.05, 4.69) is 42.3 Å². The van der Waals surface area contributed by atoms with Gasteiger partial charge in [0, 0.05) is 18.5 Å². The van der Waals surface area contributed by atoms with Gasteiger partial charge in [-0.25, -0.2) is 4.39 Å². The van der Waals surface area contributed by atoms with E-state index in [9.17, 15) is 4.39 Å². The van der Waals surface area contributed by atoms with Crippen LogP contribution < -0.4 is 4.90 Å². The van der Waals surface area contributed by atoms with E-state index in [1.165, 1.54) is 5.69 Å². The Morgan fingerprint density at radius 1 is 1.11 bits per heavy atom. The largest absolute Gasteiger partial charge is 0.360 e. The summed E-state index contributed by atoms with van der Waals surface area (Å²) in [5.74, 6) is 0. The first kappa shape index (κ1) is 12.0. The van der Waals surface area contributed by atoms with Gasteiger partial charge in [-0.1, -0.05) is 18.2 Å². The molecule has 3 heteroatoms. The third kappa shape index (κ3) is 2.12. The molecule has 0 N–H and O–H groups in total. The van der Waals surface area contributed by atoms with Gasteiger partial charge < -0.3 is 9.38 Å². The zero-order valence-corrected chi connectivity index (χ0v) is 11.1. The maximum atomic E-state index is 13.0. The van der Waals surface area contributed by atoms with E-state index in [1.54, 1.807) is 0 Å². The van der Waals surface area contributed by atoms with Crippen molar-refractivity contribution in [3.63, 3.8) is 0 Å². The van der Waals surface area contributed by atoms with Gasteiger partial charge in [0.25, 0.3) is 0 Å². The molecule has 1 aromatic rings. The predicted molar refractivity (Wildman–Crippen MR) is 72.5 cm³/mol. The lowest BCUT2D eigenvalue weighted by Gasteiger charge is -2.51. The van der Waals surface area contributed by atoms with Crippen LogP contribution in [0.5, 0.6) is 0 Å². The van der Waals surface area contributed by atoms with Crippen LogP contribution in [-0.4, -0.2) is 49.9 Å². The van der Waals surface area contributed by atoms with Crippen molar-refractivity contribution in [3.05, 3.63) is 30.3 Å². The fourth-order valence-electron chi connectivity index (χ4n) is 3.21. The second-order valence-electron chi connectivity index (χ2n) is 5.97. The van der Waals surface area contributed by atoms with Gasteiger partial charge in [-0.3, -0.25) is 0 Å². The second kappa shape index (κ2) is 4.54. The van der Waals surface area contributed by atoms with Crippen molar-refractivity contribution in [3.8, 4) is 0 Å². The lowest BCUT2D eigenvalue weighted by atomic mass is 9.86. The Labute approximate surface area is 109 Å². The monoisotopic (exact) mass is 248 g/mol. The number of halogens is 1. The molecule has 18 heavy (non-hydrogen) atoms. The number of quaternary nitrogens is 1. The molecule has 1 aromatic carbocycles. The molecule has 0 atom stereocenters. The first-order valence-electron chi connectivity index (χ1n) is 6.96. The topological polar surface area (TPSA) is 3.24 Å². The quantitative estimate of drug-likeness (QED) is 0.727. The highest BCUT2D eigenvalue weighted by atomic mass is 18.2. The van der Waals surface area contributed by atoms with Gasteiger partial charge in [0.2, 0.25) is 0 Å². The Kier molecular flexibility index (Phi) is 3.02. The number of alkyl halides is 1. The van der Waals surface area contributed by atoms with Gasteiger partial charge in [0.05, 0.1) is 39.3 Å². The van der Waals surface area contributed by atoms with E-state index < -0.39 is 6.17 Å². The summed E-state index contributed by atoms with van der Waals surface area (Å²) in [5.41, 5.74) is 1.32. The van der Waals surface area contributed by atoms with Crippen LogP contribution in [-0.2, 0) is 0 Å². The van der Waals surface area contributed by atoms with Gasteiger partial charge >= 0.3 is 0 Å². The molecule has 3 rings (SSSR count). The molecule has 0 aromatic heterocycles. The van der Waals surface area contributed by atoms with Crippen molar-refractivity contribution >= 4 is 5.69 Å². The Hall–Kier alpha value is -1.09. The maximum Gasteiger partial charge on any atom is 0.111 e. The molecule has 0 spiro atoms. The van der Waals surface area contributed by atoms with E-state index in [4.69, 9.17) is 0 Å². The molecule has 98 valence electrons. The lowest BCUT2D eigenvalue weighted by Crippen LogP contribution is -2.65. The first-order valence-corrected chi connectivity index (χ1v) is 6.96. The summed E-state index contributed by atoms with van der Waals surface area (Å²) in [4.78, 5) is 2.45. The summed E-state index contributed by atoms with van der Waals surface area (Å²) >= 11 is 0. The van der Waals surface area contributed by atoms with E-state index in [0.717, 1.165) is 43.5 Å². The van der Waals surface area contributed by atoms with Gasteiger partial charge in [0.1, 0.15) is 6.17 Å². The minimum absolute atomic E-state index is 0.530. The van der Waals surface area contributed by atoms with Gasteiger partial charge in [-0.2, -0.15) is 0 Å². The number of piperazine rings is 1. The lowest BCUT2D eigenvalue weighted by molar-refractivity contribution is -0.940. The maximum absolute atomic E-state index is 13.0. The van der Waals surface area contributed by atoms with Crippen molar-refractivity contribution < 1.29 is 8.87 Å². The number of likely N-dealkylation sites (N-methyl/N-ethyl adjacent to an activating group) is 1. The van der Waals surface area contributed by atoms with Crippen LogP contribution >= 0.6 is 0 Å². The van der Waals surface area contributed by atoms with Crippen molar-refractivity contribution in [1.29, 1.82) is 0 Å². The molecule has 1 saturated carbocycles. The molecule has 0 unspecified atom stereocenters. The molecule has 0 amide bonds. The third-order valence-corrected chi connectivity index (χ3v) is 4.82. The summed E-state index contributed by atoms with van der Waals surface area (Å²) < 4.78 is 14.1. The average molecular weight is 248 g/mol. The second-order valence-corrected chi connectivity index (χ2v) is 5.97. The predicted octanol–water partition coefficient (Wildman–Crippen LogP) is 2.45. The SMILES string of the molecule is C[N+]1(C2CC([18F])C2)CCN(c2ccccc2)CC1. The molecule has 1 aliphatic heterocycles. The zero-order valence-electron chi connectivity index (χ0n) is 11.1. The highest BCUT2D eigenvalue weighted by Gasteiger charge is 2.44. The molecular weight excluding hydrogens is 226 g/mol. The Balaban J connectivity index is 1.61. The normalized spacial score (nSPS) is 30.9. The molecule has 1 aliphatic carbocycles. The van der Waals surface area contributed by atoms with Crippen LogP contribution in [0, 0.1) is 0 Å². The fraction of sp³-hybridized carbons (Fsp3) is 0.600. The molecule has 1 heterocycles. The van der Waals surface area contributed by atoms with E-state index in [-0.39, 0.29) is 0 Å². The van der Waals surface area contributed by atoms with Crippen molar-refractivity contribution in [1.82, 2.24) is 0 Å². The Bertz CT molecular complexity index is 392. The zero-order chi connectivity index (χ0) is 12.6. The third-order valence-electron chi connectivity index (χ3n) is 4.82. The fourth-order valence-corrected chi connectivity index (χ4v) is 3.21. The van der Waals surface area contributed by atoms with E-state index >= 15 is 0 Å². The summed E-state index contributed by atoms with van der Waals surface area (Å²) in [5, 5.41) is 0. The molecular formula is C15H22FN2+. The highest BCUT2D eigenvalue weighted by molar-refractivity contribution is 5.46. The number of hydrogen-bond acceptors (Lipinski definition) is 1. The van der Waals surface area contributed by atoms with Crippen LogP contribution in [0.4, 0.5) is 10.1 Å². The number of benzene rings is 1. The van der Waals surface area contributed by atoms with Gasteiger partial charge in [-0.15, -0.1) is 0 Å². The molecule has 2 fully saturated rings. The van der Waals surface area contributed by atoms with Crippen LogP contribution in [0.15, 0.2) is 30.3 Å². The summed E-state index contributed by atoms with van der Waals surface area (Å²) in [7, 11) is 2.30. The first-order chi connectivity index (χ1) is 8.67. The molecule has 0 bridgehead atoms. The summed E-state index contributed by atoms with van der Waals surface area (Å²) in [6, 6.07) is 11.2. The number of rotatable bonds is 2. The van der Waals surface area contributed by atoms with Crippen LogP contribution in [0.1, 0.15) is 12.8 Å². The van der Waals surface area contributed by atoms with Gasteiger partial charge in [0.15, 0.2) is 0 Å². The summed E-state index contributed by atoms with van der Waals surface area (Å²) in [6.45, 7) is 4.47. The number of anilines is 1. The van der Waals surface area contributed by atoms with Crippen LogP contribution in [0.3, 0.4) is 0 Å². The molecule has 0 radical (unpaired) electrons. The highest BCUT2D eigenvalue weighted by Crippen LogP contribution is 2.34.